The summed E-state index contributed by atoms with van der Waals surface area (Å²) in [6.07, 6.45) is 3.07. The molecule has 120 valence electrons. The molecule has 4 fully saturated rings. The van der Waals surface area contributed by atoms with Gasteiger partial charge in [-0.25, -0.2) is 0 Å². The van der Waals surface area contributed by atoms with Crippen molar-refractivity contribution < 1.29 is 13.9 Å². The number of fused-ring (bicyclic) bond motifs is 2. The van der Waals surface area contributed by atoms with E-state index in [1.807, 2.05) is 6.07 Å². The molecule has 1 aliphatic carbocycles. The molecule has 0 unspecified atom stereocenters. The quantitative estimate of drug-likeness (QED) is 0.846. The summed E-state index contributed by atoms with van der Waals surface area (Å²) in [7, 11) is 0. The van der Waals surface area contributed by atoms with Crippen molar-refractivity contribution in [3.8, 4) is 18.2 Å². The van der Waals surface area contributed by atoms with Gasteiger partial charge in [-0.05, 0) is 25.0 Å². The van der Waals surface area contributed by atoms with Gasteiger partial charge in [0, 0.05) is 6.42 Å². The van der Waals surface area contributed by atoms with Crippen LogP contribution in [0.4, 0.5) is 0 Å². The first kappa shape index (κ1) is 14.8. The summed E-state index contributed by atoms with van der Waals surface area (Å²) in [6.45, 7) is 0. The minimum absolute atomic E-state index is 0.322. The predicted octanol–water partition coefficient (Wildman–Crippen LogP) is 2.79. The monoisotopic (exact) mass is 322 g/mol. The first-order valence-electron chi connectivity index (χ1n) is 7.83. The number of ether oxygens (including phenoxy) is 2. The highest BCUT2D eigenvalue weighted by molar-refractivity contribution is 5.88. The van der Waals surface area contributed by atoms with Crippen LogP contribution in [0.1, 0.15) is 37.5 Å². The third-order valence-corrected chi connectivity index (χ3v) is 5.62. The topological polar surface area (TPSA) is 127 Å². The zero-order valence-electron chi connectivity index (χ0n) is 12.8. The summed E-state index contributed by atoms with van der Waals surface area (Å²) in [5.74, 6) is -1.85. The van der Waals surface area contributed by atoms with Gasteiger partial charge in [0.1, 0.15) is 11.9 Å². The lowest BCUT2D eigenvalue weighted by molar-refractivity contribution is -0.363. The van der Waals surface area contributed by atoms with Crippen molar-refractivity contribution in [2.24, 2.45) is 16.7 Å². The molecule has 0 radical (unpaired) electrons. The number of rotatable bonds is 1. The molecule has 24 heavy (non-hydrogen) atoms. The fourth-order valence-corrected chi connectivity index (χ4v) is 4.54. The molecule has 0 aromatic carbocycles. The van der Waals surface area contributed by atoms with Crippen molar-refractivity contribution >= 4 is 5.90 Å². The van der Waals surface area contributed by atoms with Crippen molar-refractivity contribution in [2.45, 2.75) is 37.6 Å². The summed E-state index contributed by atoms with van der Waals surface area (Å²) >= 11 is 0. The number of nitrogens with zero attached hydrogens (tertiary/aromatic N) is 3. The van der Waals surface area contributed by atoms with Gasteiger partial charge in [0.15, 0.2) is 10.8 Å². The molecule has 4 aliphatic rings. The van der Waals surface area contributed by atoms with Crippen molar-refractivity contribution in [1.29, 1.82) is 21.2 Å². The standard InChI is InChI=1S/C17H14N4O3/c18-8-15(9-19)12-5-1-2-6-17(12)23-13(11-4-3-7-22-11)16(15,10-20)14(21)24-17/h3-4,7,12-13,21H,1-2,5-6H2/t12-,13-,16+,17+/m0/s1. The Morgan fingerprint density at radius 3 is 2.58 bits per heavy atom. The second kappa shape index (κ2) is 4.60. The zero-order chi connectivity index (χ0) is 17.0. The maximum Gasteiger partial charge on any atom is 0.218 e. The lowest BCUT2D eigenvalue weighted by Gasteiger charge is -2.63. The van der Waals surface area contributed by atoms with E-state index in [4.69, 9.17) is 19.3 Å². The van der Waals surface area contributed by atoms with E-state index in [9.17, 15) is 15.8 Å². The molecule has 1 aromatic heterocycles. The van der Waals surface area contributed by atoms with Gasteiger partial charge in [0.2, 0.25) is 11.7 Å². The molecule has 5 rings (SSSR count). The second-order valence-electron chi connectivity index (χ2n) is 6.51. The number of nitriles is 3. The fraction of sp³-hybridized carbons (Fsp3) is 0.529. The molecule has 1 N–H and O–H groups in total. The Labute approximate surface area is 138 Å². The fourth-order valence-electron chi connectivity index (χ4n) is 4.54. The molecule has 2 bridgehead atoms. The van der Waals surface area contributed by atoms with Crippen LogP contribution in [0.5, 0.6) is 0 Å². The zero-order valence-corrected chi connectivity index (χ0v) is 12.8. The van der Waals surface area contributed by atoms with Crippen LogP contribution < -0.4 is 0 Å². The van der Waals surface area contributed by atoms with Crippen molar-refractivity contribution in [1.82, 2.24) is 0 Å². The van der Waals surface area contributed by atoms with Gasteiger partial charge in [-0.1, -0.05) is 6.42 Å². The summed E-state index contributed by atoms with van der Waals surface area (Å²) < 4.78 is 17.3. The largest absolute Gasteiger partial charge is 0.467 e. The normalized spacial score (nSPS) is 39.0. The molecule has 1 aromatic rings. The van der Waals surface area contributed by atoms with E-state index >= 15 is 0 Å². The minimum atomic E-state index is -1.85. The molecular weight excluding hydrogens is 308 g/mol. The van der Waals surface area contributed by atoms with Gasteiger partial charge in [-0.2, -0.15) is 15.8 Å². The Morgan fingerprint density at radius 1 is 1.17 bits per heavy atom. The number of hydrogen-bond acceptors (Lipinski definition) is 7. The number of hydrogen-bond donors (Lipinski definition) is 1. The lowest BCUT2D eigenvalue weighted by atomic mass is 9.48. The highest BCUT2D eigenvalue weighted by Gasteiger charge is 2.80. The Hall–Kier alpha value is -2.82. The molecule has 4 atom stereocenters. The van der Waals surface area contributed by atoms with Crippen molar-refractivity contribution in [3.05, 3.63) is 24.2 Å². The molecule has 7 heteroatoms. The second-order valence-corrected chi connectivity index (χ2v) is 6.51. The van der Waals surface area contributed by atoms with E-state index in [-0.39, 0.29) is 5.90 Å². The third kappa shape index (κ3) is 1.36. The molecule has 1 saturated carbocycles. The molecule has 1 spiro atoms. The van der Waals surface area contributed by atoms with Crippen LogP contribution in [0.15, 0.2) is 22.8 Å². The van der Waals surface area contributed by atoms with Gasteiger partial charge in [-0.3, -0.25) is 5.41 Å². The van der Waals surface area contributed by atoms with Crippen LogP contribution >= 0.6 is 0 Å². The maximum absolute atomic E-state index is 10.00. The minimum Gasteiger partial charge on any atom is -0.467 e. The van der Waals surface area contributed by atoms with Crippen LogP contribution in [-0.2, 0) is 9.47 Å². The van der Waals surface area contributed by atoms with Gasteiger partial charge >= 0.3 is 0 Å². The Bertz CT molecular complexity index is 813. The maximum atomic E-state index is 10.00. The van der Waals surface area contributed by atoms with Gasteiger partial charge < -0.3 is 13.9 Å². The Kier molecular flexibility index (Phi) is 2.83. The predicted molar refractivity (Wildman–Crippen MR) is 77.7 cm³/mol. The molecule has 3 saturated heterocycles. The SMILES string of the molecule is N#CC1(C#N)[C@@H]2CCCC[C@@]23OC(=N)[C@@]1(C#N)[C@H](c1ccco1)O3. The van der Waals surface area contributed by atoms with Crippen LogP contribution in [0.3, 0.4) is 0 Å². The lowest BCUT2D eigenvalue weighted by Crippen LogP contribution is -2.73. The van der Waals surface area contributed by atoms with E-state index in [1.54, 1.807) is 12.1 Å². The van der Waals surface area contributed by atoms with Crippen molar-refractivity contribution in [2.75, 3.05) is 0 Å². The summed E-state index contributed by atoms with van der Waals surface area (Å²) in [5, 5.41) is 38.3. The first-order chi connectivity index (χ1) is 11.6. The number of furan rings is 1. The highest BCUT2D eigenvalue weighted by atomic mass is 16.7. The highest BCUT2D eigenvalue weighted by Crippen LogP contribution is 2.69. The van der Waals surface area contributed by atoms with Crippen LogP contribution in [0, 0.1) is 56.2 Å². The molecule has 7 nitrogen and oxygen atoms in total. The first-order valence-corrected chi connectivity index (χ1v) is 7.83. The Morgan fingerprint density at radius 2 is 1.96 bits per heavy atom. The Balaban J connectivity index is 2.03. The molecule has 3 aliphatic heterocycles. The summed E-state index contributed by atoms with van der Waals surface area (Å²) in [6, 6.07) is 9.47. The van der Waals surface area contributed by atoms with E-state index < -0.39 is 28.6 Å². The van der Waals surface area contributed by atoms with Crippen LogP contribution in [-0.4, -0.2) is 11.7 Å². The molecular formula is C17H14N4O3. The van der Waals surface area contributed by atoms with Crippen LogP contribution in [0.25, 0.3) is 0 Å². The van der Waals surface area contributed by atoms with E-state index in [0.717, 1.165) is 12.8 Å². The summed E-state index contributed by atoms with van der Waals surface area (Å²) in [4.78, 5) is 0. The molecule has 0 amide bonds. The average Bonchev–Trinajstić information content (AvgIpc) is 3.14. The van der Waals surface area contributed by atoms with Crippen molar-refractivity contribution in [3.63, 3.8) is 0 Å². The van der Waals surface area contributed by atoms with Gasteiger partial charge in [0.25, 0.3) is 0 Å². The summed E-state index contributed by atoms with van der Waals surface area (Å²) in [5.41, 5.74) is -3.56. The average molecular weight is 322 g/mol. The molecule has 4 heterocycles. The number of nitrogens with one attached hydrogen (secondary N) is 1. The van der Waals surface area contributed by atoms with E-state index in [2.05, 4.69) is 12.1 Å². The van der Waals surface area contributed by atoms with Gasteiger partial charge in [0.05, 0.1) is 30.4 Å². The van der Waals surface area contributed by atoms with E-state index in [1.165, 1.54) is 6.26 Å². The van der Waals surface area contributed by atoms with Gasteiger partial charge in [-0.15, -0.1) is 0 Å². The smallest absolute Gasteiger partial charge is 0.218 e. The van der Waals surface area contributed by atoms with E-state index in [0.29, 0.717) is 18.6 Å². The van der Waals surface area contributed by atoms with Crippen LogP contribution in [0.2, 0.25) is 0 Å². The third-order valence-electron chi connectivity index (χ3n) is 5.62.